The zero-order valence-electron chi connectivity index (χ0n) is 10.5. The van der Waals surface area contributed by atoms with Gasteiger partial charge in [0.05, 0.1) is 0 Å². The van der Waals surface area contributed by atoms with Gasteiger partial charge in [-0.25, -0.2) is 0 Å². The van der Waals surface area contributed by atoms with E-state index < -0.39 is 0 Å². The normalized spacial score (nSPS) is 40.6. The fourth-order valence-corrected chi connectivity index (χ4v) is 3.66. The molecule has 0 aromatic rings. The Labute approximate surface area is 98.5 Å². The van der Waals surface area contributed by atoms with Gasteiger partial charge in [-0.15, -0.1) is 0 Å². The van der Waals surface area contributed by atoms with Crippen molar-refractivity contribution in [3.05, 3.63) is 35.7 Å². The molecule has 2 atom stereocenters. The molecular formula is C15H21N. The van der Waals surface area contributed by atoms with Crippen LogP contribution < -0.4 is 0 Å². The molecule has 1 aliphatic heterocycles. The van der Waals surface area contributed by atoms with E-state index in [0.717, 1.165) is 36.6 Å². The third-order valence-corrected chi connectivity index (χ3v) is 4.77. The van der Waals surface area contributed by atoms with Gasteiger partial charge in [0, 0.05) is 18.4 Å². The molecule has 0 saturated heterocycles. The molecule has 16 heavy (non-hydrogen) atoms. The van der Waals surface area contributed by atoms with E-state index in [-0.39, 0.29) is 0 Å². The van der Waals surface area contributed by atoms with Crippen molar-refractivity contribution >= 4 is 0 Å². The monoisotopic (exact) mass is 215 g/mol. The van der Waals surface area contributed by atoms with Crippen LogP contribution in [0.25, 0.3) is 0 Å². The molecule has 1 heterocycles. The summed E-state index contributed by atoms with van der Waals surface area (Å²) in [7, 11) is 0. The summed E-state index contributed by atoms with van der Waals surface area (Å²) in [6, 6.07) is 0. The third kappa shape index (κ3) is 1.24. The maximum absolute atomic E-state index is 2.55. The molecule has 1 nitrogen and oxygen atoms in total. The molecular weight excluding hydrogens is 194 g/mol. The molecule has 4 aliphatic rings. The highest BCUT2D eigenvalue weighted by atomic mass is 15.1. The Morgan fingerprint density at radius 1 is 1.19 bits per heavy atom. The number of likely N-dealkylation sites (N-methyl/N-ethyl adjacent to an activating group) is 1. The Morgan fingerprint density at radius 3 is 2.56 bits per heavy atom. The second kappa shape index (κ2) is 3.51. The highest BCUT2D eigenvalue weighted by Crippen LogP contribution is 2.51. The van der Waals surface area contributed by atoms with Gasteiger partial charge in [-0.3, -0.25) is 0 Å². The van der Waals surface area contributed by atoms with Crippen LogP contribution in [0.3, 0.4) is 0 Å². The van der Waals surface area contributed by atoms with Crippen molar-refractivity contribution in [2.75, 3.05) is 6.54 Å². The van der Waals surface area contributed by atoms with E-state index in [1.807, 2.05) is 0 Å². The molecule has 1 saturated carbocycles. The second-order valence-corrected chi connectivity index (χ2v) is 5.49. The van der Waals surface area contributed by atoms with Crippen LogP contribution in [0.4, 0.5) is 0 Å². The largest absolute Gasteiger partial charge is 0.349 e. The smallest absolute Gasteiger partial charge is 0.0401 e. The van der Waals surface area contributed by atoms with E-state index in [1.54, 1.807) is 5.57 Å². The van der Waals surface area contributed by atoms with Gasteiger partial charge >= 0.3 is 0 Å². The molecule has 0 aromatic carbocycles. The van der Waals surface area contributed by atoms with Crippen LogP contribution in [-0.2, 0) is 0 Å². The fraction of sp³-hybridized carbons (Fsp3) is 0.600. The quantitative estimate of drug-likeness (QED) is 0.646. The van der Waals surface area contributed by atoms with E-state index in [9.17, 15) is 0 Å². The van der Waals surface area contributed by atoms with E-state index in [1.165, 1.54) is 5.70 Å². The van der Waals surface area contributed by atoms with Gasteiger partial charge in [0.15, 0.2) is 0 Å². The molecule has 0 amide bonds. The number of nitrogens with zero attached hydrogens (tertiary/aromatic N) is 1. The van der Waals surface area contributed by atoms with Gasteiger partial charge in [-0.1, -0.05) is 32.1 Å². The van der Waals surface area contributed by atoms with E-state index in [4.69, 9.17) is 0 Å². The first-order valence-electron chi connectivity index (χ1n) is 6.58. The average molecular weight is 215 g/mol. The van der Waals surface area contributed by atoms with E-state index in [0.29, 0.717) is 0 Å². The minimum Gasteiger partial charge on any atom is -0.349 e. The predicted molar refractivity (Wildman–Crippen MR) is 67.6 cm³/mol. The van der Waals surface area contributed by atoms with Crippen LogP contribution in [0.5, 0.6) is 0 Å². The first-order valence-corrected chi connectivity index (χ1v) is 6.58. The summed E-state index contributed by atoms with van der Waals surface area (Å²) >= 11 is 0. The highest BCUT2D eigenvalue weighted by molar-refractivity contribution is 5.41. The van der Waals surface area contributed by atoms with Crippen molar-refractivity contribution in [3.8, 4) is 0 Å². The van der Waals surface area contributed by atoms with Gasteiger partial charge in [0.2, 0.25) is 0 Å². The van der Waals surface area contributed by atoms with Gasteiger partial charge in [-0.05, 0) is 42.6 Å². The van der Waals surface area contributed by atoms with Crippen molar-refractivity contribution < 1.29 is 0 Å². The number of allylic oxidation sites excluding steroid dienone is 4. The minimum absolute atomic E-state index is 0.800. The number of rotatable bonds is 1. The van der Waals surface area contributed by atoms with Crippen LogP contribution in [0, 0.1) is 23.7 Å². The van der Waals surface area contributed by atoms with Crippen molar-refractivity contribution in [2.45, 2.75) is 27.2 Å². The summed E-state index contributed by atoms with van der Waals surface area (Å²) in [6.07, 6.45) is 10.8. The summed E-state index contributed by atoms with van der Waals surface area (Å²) in [6.45, 7) is 8.13. The van der Waals surface area contributed by atoms with Gasteiger partial charge < -0.3 is 4.90 Å². The van der Waals surface area contributed by atoms with Gasteiger partial charge in [-0.2, -0.15) is 0 Å². The zero-order chi connectivity index (χ0) is 11.3. The maximum Gasteiger partial charge on any atom is 0.0401 e. The van der Waals surface area contributed by atoms with Crippen molar-refractivity contribution in [2.24, 2.45) is 23.7 Å². The van der Waals surface area contributed by atoms with Crippen LogP contribution in [0.15, 0.2) is 35.7 Å². The predicted octanol–water partition coefficient (Wildman–Crippen LogP) is 3.57. The standard InChI is InChI=1S/C15H21N/c1-4-16-7-5-6-12-8-13-10(2)14(11(13)3)9-15(12)16/h5,7-11,13-14H,4,6H2,1-3H3. The summed E-state index contributed by atoms with van der Waals surface area (Å²) in [5, 5.41) is 0. The topological polar surface area (TPSA) is 3.24 Å². The van der Waals surface area contributed by atoms with Crippen LogP contribution in [0.2, 0.25) is 0 Å². The molecule has 0 radical (unpaired) electrons. The molecule has 1 fully saturated rings. The first-order chi connectivity index (χ1) is 7.72. The minimum atomic E-state index is 0.800. The van der Waals surface area contributed by atoms with Crippen LogP contribution in [0.1, 0.15) is 27.2 Å². The molecule has 0 spiro atoms. The van der Waals surface area contributed by atoms with Gasteiger partial charge in [0.1, 0.15) is 0 Å². The molecule has 0 aromatic heterocycles. The Morgan fingerprint density at radius 2 is 1.88 bits per heavy atom. The summed E-state index contributed by atoms with van der Waals surface area (Å²) < 4.78 is 0. The molecule has 2 unspecified atom stereocenters. The van der Waals surface area contributed by atoms with Crippen LogP contribution in [-0.4, -0.2) is 11.4 Å². The van der Waals surface area contributed by atoms with Crippen LogP contribution >= 0.6 is 0 Å². The summed E-state index contributed by atoms with van der Waals surface area (Å²) in [5.41, 5.74) is 3.06. The zero-order valence-corrected chi connectivity index (χ0v) is 10.5. The molecule has 4 rings (SSSR count). The molecule has 86 valence electrons. The van der Waals surface area contributed by atoms with E-state index in [2.05, 4.69) is 50.1 Å². The maximum atomic E-state index is 2.55. The Kier molecular flexibility index (Phi) is 2.24. The first kappa shape index (κ1) is 10.2. The fourth-order valence-electron chi connectivity index (χ4n) is 3.66. The lowest BCUT2D eigenvalue weighted by atomic mass is 9.59. The molecule has 1 heteroatoms. The number of hydrogen-bond donors (Lipinski definition) is 0. The molecule has 0 N–H and O–H groups in total. The Hall–Kier alpha value is -0.980. The third-order valence-electron chi connectivity index (χ3n) is 4.77. The van der Waals surface area contributed by atoms with E-state index >= 15 is 0 Å². The van der Waals surface area contributed by atoms with Gasteiger partial charge in [0.25, 0.3) is 0 Å². The lowest BCUT2D eigenvalue weighted by molar-refractivity contribution is 0.0764. The highest BCUT2D eigenvalue weighted by Gasteiger charge is 2.44. The molecule has 2 bridgehead atoms. The molecule has 3 aliphatic carbocycles. The second-order valence-electron chi connectivity index (χ2n) is 5.49. The van der Waals surface area contributed by atoms with Crippen molar-refractivity contribution in [1.82, 2.24) is 4.90 Å². The van der Waals surface area contributed by atoms with Crippen molar-refractivity contribution in [1.29, 1.82) is 0 Å². The lowest BCUT2D eigenvalue weighted by Gasteiger charge is -2.46. The summed E-state index contributed by atoms with van der Waals surface area (Å²) in [5.74, 6) is 3.31. The number of hydrogen-bond acceptors (Lipinski definition) is 1. The lowest BCUT2D eigenvalue weighted by Crippen LogP contribution is -2.40. The SMILES string of the molecule is CCN1C=CCC2=CC3C(C)C(C=C21)C3C. The van der Waals surface area contributed by atoms with Crippen molar-refractivity contribution in [3.63, 3.8) is 0 Å². The Bertz CT molecular complexity index is 378. The Balaban J connectivity index is 2.03. The summed E-state index contributed by atoms with van der Waals surface area (Å²) in [4.78, 5) is 2.40. The average Bonchev–Trinajstić information content (AvgIpc) is 2.57.